The number of hydrogen-bond donors (Lipinski definition) is 1. The minimum Gasteiger partial charge on any atom is -0.378 e. The van der Waals surface area contributed by atoms with Gasteiger partial charge in [-0.15, -0.1) is 0 Å². The van der Waals surface area contributed by atoms with Gasteiger partial charge >= 0.3 is 11.4 Å². The van der Waals surface area contributed by atoms with Gasteiger partial charge in [0, 0.05) is 24.5 Å². The van der Waals surface area contributed by atoms with E-state index in [0.717, 1.165) is 12.1 Å². The summed E-state index contributed by atoms with van der Waals surface area (Å²) in [4.78, 5) is 26.1. The molecule has 0 unspecified atom stereocenters. The minimum absolute atomic E-state index is 0.126. The van der Waals surface area contributed by atoms with Crippen molar-refractivity contribution in [1.82, 2.24) is 9.97 Å². The number of halogens is 3. The molecule has 0 aliphatic rings. The number of hydrogen-bond acceptors (Lipinski definition) is 7. The van der Waals surface area contributed by atoms with E-state index in [1.165, 1.54) is 12.4 Å². The molecule has 0 saturated carbocycles. The first-order valence-corrected chi connectivity index (χ1v) is 6.36. The Morgan fingerprint density at radius 1 is 0.909 bits per heavy atom. The average molecular weight is 367 g/mol. The van der Waals surface area contributed by atoms with Gasteiger partial charge in [0.2, 0.25) is 11.0 Å². The maximum Gasteiger partial charge on any atom is 0.312 e. The van der Waals surface area contributed by atoms with Crippen LogP contribution in [-0.4, -0.2) is 19.8 Å². The maximum absolute atomic E-state index is 10.2. The van der Waals surface area contributed by atoms with Crippen molar-refractivity contribution in [2.75, 3.05) is 5.73 Å². The summed E-state index contributed by atoms with van der Waals surface area (Å²) in [5, 5.41) is 20.6. The van der Waals surface area contributed by atoms with Crippen LogP contribution in [-0.2, 0) is 0 Å². The van der Waals surface area contributed by atoms with E-state index in [1.807, 2.05) is 0 Å². The smallest absolute Gasteiger partial charge is 0.312 e. The number of rotatable bonds is 2. The van der Waals surface area contributed by atoms with Gasteiger partial charge in [0.05, 0.1) is 19.9 Å². The first kappa shape index (κ1) is 17.8. The zero-order valence-electron chi connectivity index (χ0n) is 10.4. The van der Waals surface area contributed by atoms with Gasteiger partial charge in [0.1, 0.15) is 0 Å². The highest BCUT2D eigenvalue weighted by Gasteiger charge is 2.13. The van der Waals surface area contributed by atoms with Crippen molar-refractivity contribution in [3.05, 3.63) is 60.0 Å². The van der Waals surface area contributed by atoms with Crippen molar-refractivity contribution in [2.24, 2.45) is 0 Å². The van der Waals surface area contributed by atoms with Gasteiger partial charge < -0.3 is 5.73 Å². The van der Waals surface area contributed by atoms with Crippen molar-refractivity contribution < 1.29 is 9.85 Å². The summed E-state index contributed by atoms with van der Waals surface area (Å²) in [5.74, 6) is -0.126. The predicted molar refractivity (Wildman–Crippen MR) is 81.2 cm³/mol. The summed E-state index contributed by atoms with van der Waals surface area (Å²) in [6.45, 7) is 0. The van der Waals surface area contributed by atoms with Crippen molar-refractivity contribution in [3.63, 3.8) is 0 Å². The third-order valence-corrected chi connectivity index (χ3v) is 2.75. The zero-order chi connectivity index (χ0) is 16.9. The molecule has 12 heteroatoms. The number of nitrogens with zero attached hydrogens (tertiary/aromatic N) is 4. The Bertz CT molecular complexity index is 666. The molecule has 0 radical (unpaired) electrons. The number of nitrogens with two attached hydrogens (primary N) is 1. The lowest BCUT2D eigenvalue weighted by Crippen LogP contribution is -1.97. The highest BCUT2D eigenvalue weighted by molar-refractivity contribution is 6.33. The number of nitrogen functional groups attached to an aromatic ring is 1. The molecule has 0 atom stereocenters. The average Bonchev–Trinajstić information content (AvgIpc) is 2.44. The van der Waals surface area contributed by atoms with Gasteiger partial charge in [0.25, 0.3) is 0 Å². The molecule has 0 saturated heterocycles. The summed E-state index contributed by atoms with van der Waals surface area (Å²) in [7, 11) is 0. The molecule has 2 aromatic heterocycles. The van der Waals surface area contributed by atoms with Crippen LogP contribution in [0.5, 0.6) is 0 Å². The zero-order valence-corrected chi connectivity index (χ0v) is 12.7. The molecule has 0 aliphatic carbocycles. The van der Waals surface area contributed by atoms with E-state index in [-0.39, 0.29) is 32.4 Å². The van der Waals surface area contributed by atoms with Gasteiger partial charge in [-0.1, -0.05) is 34.8 Å². The first-order valence-electron chi connectivity index (χ1n) is 5.23. The summed E-state index contributed by atoms with van der Waals surface area (Å²) in [6.07, 6.45) is 2.50. The minimum atomic E-state index is -0.638. The lowest BCUT2D eigenvalue weighted by molar-refractivity contribution is -0.385. The molecule has 0 spiro atoms. The SMILES string of the molecule is Nc1ncc(Cl)cc1[N+](=O)[O-].O=[N+]([O-])c1cc(Cl)cnc1Cl. The van der Waals surface area contributed by atoms with Crippen molar-refractivity contribution in [1.29, 1.82) is 0 Å². The fraction of sp³-hybridized carbons (Fsp3) is 0. The van der Waals surface area contributed by atoms with Gasteiger partial charge in [-0.05, 0) is 0 Å². The molecule has 22 heavy (non-hydrogen) atoms. The standard InChI is InChI=1S/C5H2Cl2N2O2.C5H4ClN3O2/c2*6-3-1-4(9(10)11)5(7)8-2-3/h1-2H;1-2H,(H2,7,8). The van der Waals surface area contributed by atoms with Crippen LogP contribution in [0, 0.1) is 20.2 Å². The van der Waals surface area contributed by atoms with E-state index in [4.69, 9.17) is 40.5 Å². The van der Waals surface area contributed by atoms with Crippen LogP contribution in [0.4, 0.5) is 17.2 Å². The van der Waals surface area contributed by atoms with Crippen molar-refractivity contribution >= 4 is 52.0 Å². The molecule has 0 aromatic carbocycles. The highest BCUT2D eigenvalue weighted by atomic mass is 35.5. The van der Waals surface area contributed by atoms with Gasteiger partial charge in [-0.3, -0.25) is 20.2 Å². The van der Waals surface area contributed by atoms with E-state index in [9.17, 15) is 20.2 Å². The fourth-order valence-electron chi connectivity index (χ4n) is 1.13. The Hall–Kier alpha value is -2.23. The third kappa shape index (κ3) is 4.95. The highest BCUT2D eigenvalue weighted by Crippen LogP contribution is 2.24. The van der Waals surface area contributed by atoms with E-state index < -0.39 is 9.85 Å². The fourth-order valence-corrected chi connectivity index (χ4v) is 1.60. The van der Waals surface area contributed by atoms with Gasteiger partial charge in [-0.25, -0.2) is 9.97 Å². The van der Waals surface area contributed by atoms with Crippen LogP contribution in [0.25, 0.3) is 0 Å². The number of anilines is 1. The lowest BCUT2D eigenvalue weighted by Gasteiger charge is -1.94. The Morgan fingerprint density at radius 2 is 1.36 bits per heavy atom. The normalized spacial score (nSPS) is 9.59. The molecule has 116 valence electrons. The van der Waals surface area contributed by atoms with Crippen LogP contribution in [0.15, 0.2) is 24.5 Å². The quantitative estimate of drug-likeness (QED) is 0.487. The van der Waals surface area contributed by atoms with Crippen LogP contribution >= 0.6 is 34.8 Å². The maximum atomic E-state index is 10.2. The Labute approximate surface area is 137 Å². The summed E-state index contributed by atoms with van der Waals surface area (Å²) >= 11 is 16.3. The molecule has 0 aliphatic heterocycles. The first-order chi connectivity index (χ1) is 10.2. The Balaban J connectivity index is 0.000000220. The number of pyridine rings is 2. The predicted octanol–water partition coefficient (Wildman–Crippen LogP) is 3.52. The second kappa shape index (κ2) is 7.69. The van der Waals surface area contributed by atoms with Gasteiger partial charge in [-0.2, -0.15) is 0 Å². The molecule has 0 fully saturated rings. The Morgan fingerprint density at radius 3 is 1.77 bits per heavy atom. The van der Waals surface area contributed by atoms with E-state index in [1.54, 1.807) is 0 Å². The molecule has 2 aromatic rings. The van der Waals surface area contributed by atoms with Crippen molar-refractivity contribution in [3.8, 4) is 0 Å². The van der Waals surface area contributed by atoms with Crippen molar-refractivity contribution in [2.45, 2.75) is 0 Å². The lowest BCUT2D eigenvalue weighted by atomic mass is 10.4. The van der Waals surface area contributed by atoms with E-state index >= 15 is 0 Å². The Kier molecular flexibility index (Phi) is 6.23. The summed E-state index contributed by atoms with van der Waals surface area (Å²) in [6, 6.07) is 2.31. The monoisotopic (exact) mass is 365 g/mol. The van der Waals surface area contributed by atoms with Crippen LogP contribution < -0.4 is 5.73 Å². The largest absolute Gasteiger partial charge is 0.378 e. The molecule has 0 amide bonds. The molecule has 2 N–H and O–H groups in total. The van der Waals surface area contributed by atoms with E-state index in [2.05, 4.69) is 9.97 Å². The third-order valence-electron chi connectivity index (χ3n) is 2.04. The molecule has 2 rings (SSSR count). The van der Waals surface area contributed by atoms with Crippen LogP contribution in [0.1, 0.15) is 0 Å². The van der Waals surface area contributed by atoms with E-state index in [0.29, 0.717) is 0 Å². The number of nitro groups is 2. The second-order valence-corrected chi connectivity index (χ2v) is 4.77. The summed E-state index contributed by atoms with van der Waals surface area (Å²) in [5.41, 5.74) is 4.63. The summed E-state index contributed by atoms with van der Waals surface area (Å²) < 4.78 is 0. The molecule has 2 heterocycles. The van der Waals surface area contributed by atoms with Gasteiger partial charge in [0.15, 0.2) is 0 Å². The topological polar surface area (TPSA) is 138 Å². The molecular formula is C10H6Cl3N5O4. The van der Waals surface area contributed by atoms with Crippen LogP contribution in [0.3, 0.4) is 0 Å². The number of aromatic nitrogens is 2. The molecule has 9 nitrogen and oxygen atoms in total. The molecule has 0 bridgehead atoms. The van der Waals surface area contributed by atoms with Crippen LogP contribution in [0.2, 0.25) is 15.2 Å². The molecular weight excluding hydrogens is 360 g/mol. The second-order valence-electron chi connectivity index (χ2n) is 3.54.